The first-order valence-electron chi connectivity index (χ1n) is 7.19. The van der Waals surface area contributed by atoms with Gasteiger partial charge in [-0.15, -0.1) is 0 Å². The lowest BCUT2D eigenvalue weighted by atomic mass is 9.86. The van der Waals surface area contributed by atoms with E-state index in [9.17, 15) is 14.9 Å². The number of hydrogen-bond acceptors (Lipinski definition) is 6. The van der Waals surface area contributed by atoms with Crippen LogP contribution in [-0.4, -0.2) is 29.0 Å². The van der Waals surface area contributed by atoms with Crippen LogP contribution in [-0.2, 0) is 9.53 Å². The van der Waals surface area contributed by atoms with E-state index in [1.165, 1.54) is 12.3 Å². The highest BCUT2D eigenvalue weighted by atomic mass is 79.9. The van der Waals surface area contributed by atoms with Crippen LogP contribution >= 0.6 is 15.9 Å². The third kappa shape index (κ3) is 3.55. The fourth-order valence-corrected chi connectivity index (χ4v) is 3.18. The van der Waals surface area contributed by atoms with Crippen molar-refractivity contribution in [2.75, 3.05) is 18.5 Å². The lowest BCUT2D eigenvalue weighted by Gasteiger charge is -2.27. The minimum absolute atomic E-state index is 0.0848. The van der Waals surface area contributed by atoms with Gasteiger partial charge in [-0.05, 0) is 35.7 Å². The van der Waals surface area contributed by atoms with Gasteiger partial charge in [-0.1, -0.05) is 12.8 Å². The molecule has 0 unspecified atom stereocenters. The molecule has 0 radical (unpaired) electrons. The highest BCUT2D eigenvalue weighted by molar-refractivity contribution is 9.10. The number of nitrogens with one attached hydrogen (secondary N) is 1. The Morgan fingerprint density at radius 1 is 1.55 bits per heavy atom. The lowest BCUT2D eigenvalue weighted by Crippen LogP contribution is -2.37. The molecule has 0 aromatic carbocycles. The molecule has 8 heteroatoms. The maximum absolute atomic E-state index is 12.2. The molecule has 120 valence electrons. The van der Waals surface area contributed by atoms with Gasteiger partial charge in [0.05, 0.1) is 21.4 Å². The van der Waals surface area contributed by atoms with Gasteiger partial charge in [0.2, 0.25) is 0 Å². The number of nitrogens with zero attached hydrogens (tertiary/aromatic N) is 2. The number of pyridine rings is 1. The van der Waals surface area contributed by atoms with Gasteiger partial charge in [0.25, 0.3) is 5.69 Å². The molecule has 1 aromatic rings. The van der Waals surface area contributed by atoms with E-state index in [0.717, 1.165) is 25.7 Å². The fourth-order valence-electron chi connectivity index (χ4n) is 2.70. The molecule has 7 nitrogen and oxygen atoms in total. The van der Waals surface area contributed by atoms with Crippen LogP contribution in [0.4, 0.5) is 11.5 Å². The number of nitro groups is 1. The van der Waals surface area contributed by atoms with Crippen LogP contribution < -0.4 is 5.32 Å². The van der Waals surface area contributed by atoms with Crippen molar-refractivity contribution >= 4 is 33.4 Å². The van der Waals surface area contributed by atoms with E-state index in [0.29, 0.717) is 23.4 Å². The molecule has 22 heavy (non-hydrogen) atoms. The summed E-state index contributed by atoms with van der Waals surface area (Å²) in [6.07, 6.45) is 4.75. The van der Waals surface area contributed by atoms with Gasteiger partial charge in [0.15, 0.2) is 0 Å². The molecule has 0 bridgehead atoms. The maximum atomic E-state index is 12.2. The zero-order valence-electron chi connectivity index (χ0n) is 12.3. The minimum Gasteiger partial charge on any atom is -0.466 e. The summed E-state index contributed by atoms with van der Waals surface area (Å²) in [6.45, 7) is 2.57. The Balaban J connectivity index is 2.10. The second-order valence-electron chi connectivity index (χ2n) is 5.34. The summed E-state index contributed by atoms with van der Waals surface area (Å²) < 4.78 is 5.70. The second kappa shape index (κ2) is 7.04. The first-order chi connectivity index (χ1) is 10.5. The molecular weight excluding hydrogens is 354 g/mol. The van der Waals surface area contributed by atoms with E-state index < -0.39 is 10.3 Å². The standard InChI is InChI=1S/C14H18BrN3O4/c1-2-22-13(19)14(5-3-4-6-14)9-17-12-11(15)7-10(8-16-12)18(20)21/h7-8H,2-6,9H2,1H3,(H,16,17). The second-order valence-corrected chi connectivity index (χ2v) is 6.20. The molecule has 1 aliphatic rings. The summed E-state index contributed by atoms with van der Waals surface area (Å²) in [5.41, 5.74) is -0.614. The Bertz CT molecular complexity index is 573. The molecule has 2 rings (SSSR count). The molecule has 1 aromatic heterocycles. The quantitative estimate of drug-likeness (QED) is 0.468. The Morgan fingerprint density at radius 2 is 2.23 bits per heavy atom. The summed E-state index contributed by atoms with van der Waals surface area (Å²) in [6, 6.07) is 1.39. The Morgan fingerprint density at radius 3 is 2.77 bits per heavy atom. The van der Waals surface area contributed by atoms with Crippen LogP contribution in [0.2, 0.25) is 0 Å². The zero-order valence-corrected chi connectivity index (χ0v) is 13.9. The normalized spacial score (nSPS) is 16.3. The molecule has 0 aliphatic heterocycles. The molecule has 1 N–H and O–H groups in total. The Labute approximate surface area is 136 Å². The number of halogens is 1. The number of carbonyl (C=O) groups is 1. The molecule has 0 amide bonds. The summed E-state index contributed by atoms with van der Waals surface area (Å²) in [7, 11) is 0. The molecule has 0 atom stereocenters. The fraction of sp³-hybridized carbons (Fsp3) is 0.571. The van der Waals surface area contributed by atoms with E-state index in [-0.39, 0.29) is 11.7 Å². The van der Waals surface area contributed by atoms with Crippen molar-refractivity contribution in [3.05, 3.63) is 26.9 Å². The van der Waals surface area contributed by atoms with Crippen LogP contribution in [0.1, 0.15) is 32.6 Å². The van der Waals surface area contributed by atoms with E-state index in [1.807, 2.05) is 0 Å². The number of anilines is 1. The smallest absolute Gasteiger partial charge is 0.313 e. The first-order valence-corrected chi connectivity index (χ1v) is 7.99. The third-order valence-corrected chi connectivity index (χ3v) is 4.51. The van der Waals surface area contributed by atoms with Crippen molar-refractivity contribution in [3.63, 3.8) is 0 Å². The predicted octanol–water partition coefficient (Wildman–Crippen LogP) is 3.29. The van der Waals surface area contributed by atoms with Crippen molar-refractivity contribution in [2.24, 2.45) is 5.41 Å². The van der Waals surface area contributed by atoms with Gasteiger partial charge in [0, 0.05) is 12.6 Å². The largest absolute Gasteiger partial charge is 0.466 e. The SMILES string of the molecule is CCOC(=O)C1(CNc2ncc([N+](=O)[O-])cc2Br)CCCC1. The van der Waals surface area contributed by atoms with Crippen molar-refractivity contribution < 1.29 is 14.5 Å². The minimum atomic E-state index is -0.529. The van der Waals surface area contributed by atoms with E-state index in [4.69, 9.17) is 4.74 Å². The van der Waals surface area contributed by atoms with Crippen molar-refractivity contribution in [2.45, 2.75) is 32.6 Å². The van der Waals surface area contributed by atoms with E-state index >= 15 is 0 Å². The van der Waals surface area contributed by atoms with Crippen molar-refractivity contribution in [1.82, 2.24) is 4.98 Å². The number of hydrogen-bond donors (Lipinski definition) is 1. The molecule has 1 fully saturated rings. The van der Waals surface area contributed by atoms with Crippen molar-refractivity contribution in [3.8, 4) is 0 Å². The van der Waals surface area contributed by atoms with Gasteiger partial charge in [-0.25, -0.2) is 4.98 Å². The maximum Gasteiger partial charge on any atom is 0.313 e. The molecule has 1 aliphatic carbocycles. The summed E-state index contributed by atoms with van der Waals surface area (Å²) in [5.74, 6) is 0.305. The highest BCUT2D eigenvalue weighted by Crippen LogP contribution is 2.40. The Hall–Kier alpha value is -1.70. The average molecular weight is 372 g/mol. The lowest BCUT2D eigenvalue weighted by molar-refractivity contribution is -0.385. The Kier molecular flexibility index (Phi) is 5.33. The highest BCUT2D eigenvalue weighted by Gasteiger charge is 2.42. The van der Waals surface area contributed by atoms with E-state index in [2.05, 4.69) is 26.2 Å². The van der Waals surface area contributed by atoms with Gasteiger partial charge in [0.1, 0.15) is 12.0 Å². The summed E-state index contributed by atoms with van der Waals surface area (Å²) in [5, 5.41) is 13.8. The third-order valence-electron chi connectivity index (χ3n) is 3.90. The van der Waals surface area contributed by atoms with Crippen LogP contribution in [0.3, 0.4) is 0 Å². The van der Waals surface area contributed by atoms with Gasteiger partial charge in [-0.3, -0.25) is 14.9 Å². The monoisotopic (exact) mass is 371 g/mol. The number of aromatic nitrogens is 1. The van der Waals surface area contributed by atoms with Gasteiger partial charge in [-0.2, -0.15) is 0 Å². The average Bonchev–Trinajstić information content (AvgIpc) is 2.96. The van der Waals surface area contributed by atoms with Crippen LogP contribution in [0.5, 0.6) is 0 Å². The molecule has 1 heterocycles. The molecular formula is C14H18BrN3O4. The van der Waals surface area contributed by atoms with Gasteiger partial charge < -0.3 is 10.1 Å². The number of carbonyl (C=O) groups excluding carboxylic acids is 1. The van der Waals surface area contributed by atoms with Gasteiger partial charge >= 0.3 is 5.97 Å². The topological polar surface area (TPSA) is 94.4 Å². The van der Waals surface area contributed by atoms with Crippen LogP contribution in [0.15, 0.2) is 16.7 Å². The zero-order chi connectivity index (χ0) is 16.2. The summed E-state index contributed by atoms with van der Waals surface area (Å²) in [4.78, 5) is 26.5. The predicted molar refractivity (Wildman–Crippen MR) is 84.6 cm³/mol. The first kappa shape index (κ1) is 16.7. The van der Waals surface area contributed by atoms with Crippen LogP contribution in [0, 0.1) is 15.5 Å². The molecule has 0 saturated heterocycles. The molecule has 0 spiro atoms. The summed E-state index contributed by atoms with van der Waals surface area (Å²) >= 11 is 3.26. The van der Waals surface area contributed by atoms with Crippen LogP contribution in [0.25, 0.3) is 0 Å². The number of ether oxygens (including phenoxy) is 1. The number of rotatable bonds is 6. The van der Waals surface area contributed by atoms with Crippen molar-refractivity contribution in [1.29, 1.82) is 0 Å². The molecule has 1 saturated carbocycles. The number of esters is 1. The van der Waals surface area contributed by atoms with E-state index in [1.54, 1.807) is 6.92 Å².